The summed E-state index contributed by atoms with van der Waals surface area (Å²) < 4.78 is 2.74. The van der Waals surface area contributed by atoms with E-state index in [-0.39, 0.29) is 6.54 Å². The van der Waals surface area contributed by atoms with Gasteiger partial charge in [0, 0.05) is 16.7 Å². The summed E-state index contributed by atoms with van der Waals surface area (Å²) in [4.78, 5) is 26.1. The van der Waals surface area contributed by atoms with Crippen molar-refractivity contribution in [2.75, 3.05) is 5.32 Å². The summed E-state index contributed by atoms with van der Waals surface area (Å²) in [5.74, 6) is -0.502. The highest BCUT2D eigenvalue weighted by Gasteiger charge is 2.18. The molecule has 2 heterocycles. The lowest BCUT2D eigenvalue weighted by molar-refractivity contribution is -0.394. The Morgan fingerprint density at radius 3 is 2.50 bits per heavy atom. The fourth-order valence-corrected chi connectivity index (χ4v) is 2.88. The van der Waals surface area contributed by atoms with Gasteiger partial charge in [-0.2, -0.15) is 9.78 Å². The van der Waals surface area contributed by atoms with Crippen LogP contribution in [0, 0.1) is 17.0 Å². The predicted molar refractivity (Wildman–Crippen MR) is 109 cm³/mol. The zero-order valence-electron chi connectivity index (χ0n) is 16.0. The molecule has 10 heteroatoms. The number of amides is 1. The molecule has 0 aliphatic heterocycles. The fraction of sp³-hybridized carbons (Fsp3) is 0.100. The van der Waals surface area contributed by atoms with Gasteiger partial charge in [-0.05, 0) is 24.0 Å². The Hall–Kier alpha value is -4.34. The first-order chi connectivity index (χ1) is 14.5. The normalized spacial score (nSPS) is 10.7. The van der Waals surface area contributed by atoms with Crippen molar-refractivity contribution < 1.29 is 9.72 Å². The molecule has 0 aliphatic carbocycles. The third-order valence-electron chi connectivity index (χ3n) is 4.32. The second-order valence-electron chi connectivity index (χ2n) is 6.58. The number of rotatable bonds is 6. The van der Waals surface area contributed by atoms with Gasteiger partial charge in [0.05, 0.1) is 11.4 Å². The molecule has 0 saturated carbocycles. The second-order valence-corrected chi connectivity index (χ2v) is 6.58. The van der Waals surface area contributed by atoms with Crippen LogP contribution in [0.4, 0.5) is 11.8 Å². The highest BCUT2D eigenvalue weighted by atomic mass is 16.6. The molecule has 0 radical (unpaired) electrons. The van der Waals surface area contributed by atoms with E-state index in [1.165, 1.54) is 0 Å². The van der Waals surface area contributed by atoms with Crippen molar-refractivity contribution in [2.45, 2.75) is 13.5 Å². The molecule has 1 amide bonds. The number of nitrogens with one attached hydrogen (secondary N) is 1. The van der Waals surface area contributed by atoms with Crippen molar-refractivity contribution in [1.82, 2.24) is 24.5 Å². The fourth-order valence-electron chi connectivity index (χ4n) is 2.88. The van der Waals surface area contributed by atoms with Crippen LogP contribution in [0.15, 0.2) is 67.0 Å². The van der Waals surface area contributed by atoms with E-state index in [0.717, 1.165) is 27.8 Å². The van der Waals surface area contributed by atoms with Crippen LogP contribution in [0.1, 0.15) is 5.56 Å². The molecule has 30 heavy (non-hydrogen) atoms. The number of hydrogen-bond donors (Lipinski definition) is 1. The molecule has 0 atom stereocenters. The van der Waals surface area contributed by atoms with Crippen molar-refractivity contribution in [3.63, 3.8) is 0 Å². The summed E-state index contributed by atoms with van der Waals surface area (Å²) in [5.41, 5.74) is 3.53. The van der Waals surface area contributed by atoms with Crippen LogP contribution in [0.25, 0.3) is 16.9 Å². The Morgan fingerprint density at radius 2 is 1.83 bits per heavy atom. The van der Waals surface area contributed by atoms with Crippen LogP contribution in [-0.4, -0.2) is 35.4 Å². The molecule has 2 aromatic carbocycles. The number of anilines is 1. The Bertz CT molecular complexity index is 1200. The number of para-hydroxylation sites is 1. The molecule has 4 rings (SSSR count). The first kappa shape index (κ1) is 19.0. The lowest BCUT2D eigenvalue weighted by atomic mass is 10.1. The number of carbonyl (C=O) groups excluding carboxylic acids is 1. The topological polar surface area (TPSA) is 121 Å². The van der Waals surface area contributed by atoms with Crippen LogP contribution in [-0.2, 0) is 11.3 Å². The van der Waals surface area contributed by atoms with Crippen LogP contribution in [0.3, 0.4) is 0 Å². The zero-order chi connectivity index (χ0) is 21.1. The first-order valence-electron chi connectivity index (χ1n) is 9.06. The number of benzene rings is 2. The molecular weight excluding hydrogens is 386 g/mol. The molecule has 2 aromatic heterocycles. The number of carbonyl (C=O) groups is 1. The van der Waals surface area contributed by atoms with Gasteiger partial charge in [-0.15, -0.1) is 0 Å². The summed E-state index contributed by atoms with van der Waals surface area (Å²) in [7, 11) is 0. The average Bonchev–Trinajstić information content (AvgIpc) is 3.37. The summed E-state index contributed by atoms with van der Waals surface area (Å²) in [6.07, 6.45) is 1.14. The number of aryl methyl sites for hydroxylation is 1. The van der Waals surface area contributed by atoms with Gasteiger partial charge in [-0.25, -0.2) is 4.68 Å². The lowest BCUT2D eigenvalue weighted by Crippen LogP contribution is -2.21. The van der Waals surface area contributed by atoms with E-state index in [0.29, 0.717) is 11.5 Å². The minimum Gasteiger partial charge on any atom is -0.390 e. The van der Waals surface area contributed by atoms with Crippen molar-refractivity contribution in [3.8, 4) is 16.9 Å². The molecule has 0 aliphatic rings. The maximum absolute atomic E-state index is 12.5. The minimum atomic E-state index is -0.716. The standard InChI is InChI=1S/C20H17N7O3/c1-14-7-9-15(10-8-14)17-11-18(26(23-17)16-5-3-2-4-6-16)22-19(28)12-25-13-21-20(24-25)27(29)30/h2-11,13H,12H2,1H3,(H,22,28). The van der Waals surface area contributed by atoms with Crippen LogP contribution in [0.2, 0.25) is 0 Å². The van der Waals surface area contributed by atoms with Gasteiger partial charge in [0.15, 0.2) is 0 Å². The highest BCUT2D eigenvalue weighted by Crippen LogP contribution is 2.25. The van der Waals surface area contributed by atoms with Crippen LogP contribution < -0.4 is 5.32 Å². The number of aromatic nitrogens is 5. The van der Waals surface area contributed by atoms with Gasteiger partial charge >= 0.3 is 5.95 Å². The molecule has 1 N–H and O–H groups in total. The Kier molecular flexibility index (Phi) is 5.04. The monoisotopic (exact) mass is 403 g/mol. The number of hydrogen-bond acceptors (Lipinski definition) is 6. The molecule has 0 saturated heterocycles. The molecule has 0 unspecified atom stereocenters. The Morgan fingerprint density at radius 1 is 1.10 bits per heavy atom. The van der Waals surface area contributed by atoms with Crippen LogP contribution >= 0.6 is 0 Å². The number of nitro groups is 1. The lowest BCUT2D eigenvalue weighted by Gasteiger charge is -2.08. The summed E-state index contributed by atoms with van der Waals surface area (Å²) in [6, 6.07) is 19.1. The minimum absolute atomic E-state index is 0.222. The molecule has 0 fully saturated rings. The third kappa shape index (κ3) is 4.07. The van der Waals surface area contributed by atoms with E-state index >= 15 is 0 Å². The number of nitrogens with zero attached hydrogens (tertiary/aromatic N) is 6. The van der Waals surface area contributed by atoms with Gasteiger partial charge in [0.2, 0.25) is 12.2 Å². The molecule has 0 bridgehead atoms. The maximum Gasteiger partial charge on any atom is 0.490 e. The van der Waals surface area contributed by atoms with Crippen molar-refractivity contribution >= 4 is 17.7 Å². The molecule has 0 spiro atoms. The van der Waals surface area contributed by atoms with E-state index in [9.17, 15) is 14.9 Å². The molecule has 150 valence electrons. The van der Waals surface area contributed by atoms with Crippen molar-refractivity contribution in [2.24, 2.45) is 0 Å². The van der Waals surface area contributed by atoms with E-state index in [4.69, 9.17) is 0 Å². The largest absolute Gasteiger partial charge is 0.490 e. The van der Waals surface area contributed by atoms with Crippen molar-refractivity contribution in [1.29, 1.82) is 0 Å². The van der Waals surface area contributed by atoms with Gasteiger partial charge in [-0.3, -0.25) is 4.79 Å². The van der Waals surface area contributed by atoms with Crippen LogP contribution in [0.5, 0.6) is 0 Å². The third-order valence-corrected chi connectivity index (χ3v) is 4.32. The quantitative estimate of drug-likeness (QED) is 0.390. The Balaban J connectivity index is 1.62. The zero-order valence-corrected chi connectivity index (χ0v) is 16.0. The average molecular weight is 403 g/mol. The van der Waals surface area contributed by atoms with E-state index in [1.54, 1.807) is 10.7 Å². The molecule has 10 nitrogen and oxygen atoms in total. The molecular formula is C20H17N7O3. The van der Waals surface area contributed by atoms with Gasteiger partial charge in [0.1, 0.15) is 12.4 Å². The second kappa shape index (κ2) is 7.95. The first-order valence-corrected chi connectivity index (χ1v) is 9.06. The Labute approximate surface area is 170 Å². The maximum atomic E-state index is 12.5. The van der Waals surface area contributed by atoms with E-state index in [2.05, 4.69) is 20.5 Å². The molecule has 4 aromatic rings. The van der Waals surface area contributed by atoms with Gasteiger partial charge < -0.3 is 15.4 Å². The van der Waals surface area contributed by atoms with Gasteiger partial charge in [-0.1, -0.05) is 53.0 Å². The SMILES string of the molecule is Cc1ccc(-c2cc(NC(=O)Cn3cnc([N+](=O)[O-])n3)n(-c3ccccc3)n2)cc1. The van der Waals surface area contributed by atoms with Crippen molar-refractivity contribution in [3.05, 3.63) is 82.7 Å². The van der Waals surface area contributed by atoms with E-state index < -0.39 is 16.8 Å². The summed E-state index contributed by atoms with van der Waals surface area (Å²) in [5, 5.41) is 21.8. The smallest absolute Gasteiger partial charge is 0.390 e. The summed E-state index contributed by atoms with van der Waals surface area (Å²) >= 11 is 0. The van der Waals surface area contributed by atoms with Gasteiger partial charge in [0.25, 0.3) is 0 Å². The predicted octanol–water partition coefficient (Wildman–Crippen LogP) is 2.99. The highest BCUT2D eigenvalue weighted by molar-refractivity contribution is 5.90. The van der Waals surface area contributed by atoms with E-state index in [1.807, 2.05) is 61.5 Å². The summed E-state index contributed by atoms with van der Waals surface area (Å²) in [6.45, 7) is 1.78.